The molecule has 3 heteroatoms. The van der Waals surface area contributed by atoms with Crippen LogP contribution in [0.4, 0.5) is 0 Å². The maximum atomic E-state index is 5.49. The van der Waals surface area contributed by atoms with E-state index >= 15 is 0 Å². The van der Waals surface area contributed by atoms with E-state index in [4.69, 9.17) is 10.6 Å². The molecule has 0 aromatic carbocycles. The van der Waals surface area contributed by atoms with Crippen LogP contribution in [0.15, 0.2) is 0 Å². The molecule has 3 nitrogen and oxygen atoms in total. The molecule has 1 aliphatic carbocycles. The van der Waals surface area contributed by atoms with Gasteiger partial charge in [0.1, 0.15) is 0 Å². The zero-order valence-corrected chi connectivity index (χ0v) is 7.30. The Labute approximate surface area is 67.8 Å². The van der Waals surface area contributed by atoms with Gasteiger partial charge in [0.2, 0.25) is 0 Å². The van der Waals surface area contributed by atoms with Crippen LogP contribution in [0.2, 0.25) is 0 Å². The Kier molecular flexibility index (Phi) is 2.87. The van der Waals surface area contributed by atoms with Crippen LogP contribution >= 0.6 is 0 Å². The van der Waals surface area contributed by atoms with Gasteiger partial charge in [-0.2, -0.15) is 0 Å². The molecule has 0 aromatic rings. The van der Waals surface area contributed by atoms with Crippen LogP contribution in [0.1, 0.15) is 26.7 Å². The summed E-state index contributed by atoms with van der Waals surface area (Å²) in [6.45, 7) is 5.51. The Morgan fingerprint density at radius 1 is 1.36 bits per heavy atom. The minimum atomic E-state index is 0.263. The summed E-state index contributed by atoms with van der Waals surface area (Å²) in [6, 6.07) is 0. The summed E-state index contributed by atoms with van der Waals surface area (Å²) in [5.41, 5.74) is 0.263. The monoisotopic (exact) mass is 159 g/mol. The van der Waals surface area contributed by atoms with Crippen molar-refractivity contribution in [2.45, 2.75) is 32.8 Å². The standard InChI is InChI=1S/C8H17NO2/c1-7(2)10-5-8(3-4-8)6-11-9/h7H,3-6,9H2,1-2H3. The number of nitrogens with two attached hydrogens (primary N) is 1. The summed E-state index contributed by atoms with van der Waals surface area (Å²) in [4.78, 5) is 4.62. The van der Waals surface area contributed by atoms with Crippen LogP contribution in [-0.2, 0) is 9.57 Å². The van der Waals surface area contributed by atoms with Crippen LogP contribution in [0.25, 0.3) is 0 Å². The van der Waals surface area contributed by atoms with Gasteiger partial charge >= 0.3 is 0 Å². The maximum absolute atomic E-state index is 5.49. The molecule has 2 N–H and O–H groups in total. The molecule has 0 aliphatic heterocycles. The van der Waals surface area contributed by atoms with Crippen molar-refractivity contribution in [3.8, 4) is 0 Å². The van der Waals surface area contributed by atoms with E-state index in [0.29, 0.717) is 12.7 Å². The number of hydrogen-bond donors (Lipinski definition) is 1. The van der Waals surface area contributed by atoms with Crippen molar-refractivity contribution < 1.29 is 9.57 Å². The summed E-state index contributed by atoms with van der Waals surface area (Å²) in [5, 5.41) is 0. The second-order valence-electron chi connectivity index (χ2n) is 3.67. The fourth-order valence-electron chi connectivity index (χ4n) is 1.03. The first-order chi connectivity index (χ1) is 5.18. The van der Waals surface area contributed by atoms with E-state index in [1.165, 1.54) is 12.8 Å². The largest absolute Gasteiger partial charge is 0.378 e. The van der Waals surface area contributed by atoms with E-state index in [1.807, 2.05) is 13.8 Å². The Bertz CT molecular complexity index is 121. The zero-order chi connectivity index (χ0) is 8.32. The summed E-state index contributed by atoms with van der Waals surface area (Å²) >= 11 is 0. The van der Waals surface area contributed by atoms with E-state index in [1.54, 1.807) is 0 Å². The predicted octanol–water partition coefficient (Wildman–Crippen LogP) is 1.08. The lowest BCUT2D eigenvalue weighted by Gasteiger charge is -2.15. The molecule has 0 radical (unpaired) electrons. The summed E-state index contributed by atoms with van der Waals surface area (Å²) < 4.78 is 5.49. The first-order valence-electron chi connectivity index (χ1n) is 4.12. The van der Waals surface area contributed by atoms with Gasteiger partial charge in [0, 0.05) is 5.41 Å². The summed E-state index contributed by atoms with van der Waals surface area (Å²) in [5.74, 6) is 5.01. The third-order valence-electron chi connectivity index (χ3n) is 2.07. The third-order valence-corrected chi connectivity index (χ3v) is 2.07. The van der Waals surface area contributed by atoms with Crippen molar-refractivity contribution in [1.29, 1.82) is 0 Å². The Balaban J connectivity index is 2.14. The molecular formula is C8H17NO2. The molecule has 1 rings (SSSR count). The molecular weight excluding hydrogens is 142 g/mol. The molecule has 11 heavy (non-hydrogen) atoms. The highest BCUT2D eigenvalue weighted by Crippen LogP contribution is 2.45. The highest BCUT2D eigenvalue weighted by Gasteiger charge is 2.43. The lowest BCUT2D eigenvalue weighted by atomic mass is 10.1. The fourth-order valence-corrected chi connectivity index (χ4v) is 1.03. The van der Waals surface area contributed by atoms with Crippen molar-refractivity contribution in [2.24, 2.45) is 11.3 Å². The minimum Gasteiger partial charge on any atom is -0.378 e. The average Bonchev–Trinajstić information content (AvgIpc) is 2.67. The molecule has 0 unspecified atom stereocenters. The van der Waals surface area contributed by atoms with Gasteiger partial charge in [-0.3, -0.25) is 0 Å². The van der Waals surface area contributed by atoms with E-state index < -0.39 is 0 Å². The van der Waals surface area contributed by atoms with Gasteiger partial charge in [-0.15, -0.1) is 0 Å². The van der Waals surface area contributed by atoms with E-state index in [2.05, 4.69) is 4.84 Å². The molecule has 0 atom stereocenters. The summed E-state index contributed by atoms with van der Waals surface area (Å²) in [6.07, 6.45) is 2.69. The number of ether oxygens (including phenoxy) is 1. The molecule has 0 heterocycles. The van der Waals surface area contributed by atoms with Crippen LogP contribution in [0.5, 0.6) is 0 Å². The molecule has 1 saturated carbocycles. The van der Waals surface area contributed by atoms with Gasteiger partial charge in [-0.25, -0.2) is 5.90 Å². The van der Waals surface area contributed by atoms with Gasteiger partial charge in [0.05, 0.1) is 19.3 Å². The van der Waals surface area contributed by atoms with Gasteiger partial charge in [-0.1, -0.05) is 0 Å². The summed E-state index contributed by atoms with van der Waals surface area (Å²) in [7, 11) is 0. The van der Waals surface area contributed by atoms with Gasteiger partial charge < -0.3 is 9.57 Å². The normalized spacial score (nSPS) is 20.7. The Hall–Kier alpha value is -0.120. The van der Waals surface area contributed by atoms with Gasteiger partial charge in [0.25, 0.3) is 0 Å². The first-order valence-corrected chi connectivity index (χ1v) is 4.12. The van der Waals surface area contributed by atoms with E-state index in [0.717, 1.165) is 6.61 Å². The lowest BCUT2D eigenvalue weighted by molar-refractivity contribution is 0.00278. The van der Waals surface area contributed by atoms with Crippen molar-refractivity contribution in [2.75, 3.05) is 13.2 Å². The van der Waals surface area contributed by atoms with Crippen molar-refractivity contribution in [1.82, 2.24) is 0 Å². The molecule has 66 valence electrons. The third kappa shape index (κ3) is 2.77. The minimum absolute atomic E-state index is 0.263. The molecule has 0 saturated heterocycles. The lowest BCUT2D eigenvalue weighted by Crippen LogP contribution is -2.21. The van der Waals surface area contributed by atoms with Crippen LogP contribution in [0, 0.1) is 5.41 Å². The Morgan fingerprint density at radius 3 is 2.36 bits per heavy atom. The highest BCUT2D eigenvalue weighted by molar-refractivity contribution is 4.92. The SMILES string of the molecule is CC(C)OCC1(CON)CC1. The average molecular weight is 159 g/mol. The predicted molar refractivity (Wildman–Crippen MR) is 42.9 cm³/mol. The number of hydrogen-bond acceptors (Lipinski definition) is 3. The molecule has 0 amide bonds. The number of rotatable bonds is 5. The molecule has 0 spiro atoms. The van der Waals surface area contributed by atoms with E-state index in [9.17, 15) is 0 Å². The maximum Gasteiger partial charge on any atom is 0.0757 e. The van der Waals surface area contributed by atoms with Gasteiger partial charge in [-0.05, 0) is 26.7 Å². The van der Waals surface area contributed by atoms with Crippen LogP contribution in [0.3, 0.4) is 0 Å². The van der Waals surface area contributed by atoms with Crippen LogP contribution < -0.4 is 5.90 Å². The highest BCUT2D eigenvalue weighted by atomic mass is 16.6. The quantitative estimate of drug-likeness (QED) is 0.610. The smallest absolute Gasteiger partial charge is 0.0757 e. The molecule has 1 fully saturated rings. The molecule has 0 bridgehead atoms. The van der Waals surface area contributed by atoms with Crippen molar-refractivity contribution in [3.63, 3.8) is 0 Å². The van der Waals surface area contributed by atoms with Crippen molar-refractivity contribution >= 4 is 0 Å². The molecule has 0 aromatic heterocycles. The topological polar surface area (TPSA) is 44.5 Å². The molecule has 1 aliphatic rings. The first kappa shape index (κ1) is 8.97. The fraction of sp³-hybridized carbons (Fsp3) is 1.00. The second-order valence-corrected chi connectivity index (χ2v) is 3.67. The van der Waals surface area contributed by atoms with Crippen molar-refractivity contribution in [3.05, 3.63) is 0 Å². The van der Waals surface area contributed by atoms with Gasteiger partial charge in [0.15, 0.2) is 0 Å². The van der Waals surface area contributed by atoms with E-state index in [-0.39, 0.29) is 5.41 Å². The Morgan fingerprint density at radius 2 is 2.00 bits per heavy atom. The second kappa shape index (κ2) is 3.52. The van der Waals surface area contributed by atoms with Crippen LogP contribution in [-0.4, -0.2) is 19.3 Å². The zero-order valence-electron chi connectivity index (χ0n) is 7.30.